The van der Waals surface area contributed by atoms with Gasteiger partial charge in [-0.1, -0.05) is 78.9 Å². The number of anilines is 1. The van der Waals surface area contributed by atoms with Gasteiger partial charge in [-0.05, 0) is 41.7 Å². The van der Waals surface area contributed by atoms with Crippen LogP contribution in [0.3, 0.4) is 0 Å². The summed E-state index contributed by atoms with van der Waals surface area (Å²) in [6.07, 6.45) is 2.22. The molecule has 0 saturated heterocycles. The number of fused-ring (bicyclic) bond motifs is 3. The molecule has 1 aliphatic carbocycles. The first-order valence-electron chi connectivity index (χ1n) is 13.5. The normalized spacial score (nSPS) is 12.3. The van der Waals surface area contributed by atoms with Crippen molar-refractivity contribution in [1.29, 1.82) is 0 Å². The summed E-state index contributed by atoms with van der Waals surface area (Å²) in [5, 5.41) is 16.3. The molecule has 0 spiro atoms. The van der Waals surface area contributed by atoms with Crippen LogP contribution in [0.2, 0.25) is 0 Å². The molecule has 0 unspecified atom stereocenters. The molecular weight excluding hydrogens is 520 g/mol. The smallest absolute Gasteiger partial charge is 0.411 e. The summed E-state index contributed by atoms with van der Waals surface area (Å²) in [5.74, 6) is -1.34. The van der Waals surface area contributed by atoms with Crippen LogP contribution in [-0.2, 0) is 26.4 Å². The molecule has 1 heterocycles. The molecule has 210 valence electrons. The van der Waals surface area contributed by atoms with Crippen LogP contribution in [0.15, 0.2) is 91.3 Å². The Hall–Kier alpha value is -4.92. The zero-order valence-corrected chi connectivity index (χ0v) is 23.0. The summed E-state index contributed by atoms with van der Waals surface area (Å²) in [4.78, 5) is 39.1. The number of rotatable bonds is 10. The van der Waals surface area contributed by atoms with Crippen molar-refractivity contribution in [3.8, 4) is 11.1 Å². The average Bonchev–Trinajstić information content (AvgIpc) is 3.57. The van der Waals surface area contributed by atoms with Crippen LogP contribution in [0.5, 0.6) is 0 Å². The second-order valence-electron chi connectivity index (χ2n) is 10.5. The SMILES string of the molecule is CC(C)(C(=O)N(CCC(=O)O)Cc1ccccc1)n1cc(NC(=O)OCC2c3ccccc3-c3ccccc32)cn1. The van der Waals surface area contributed by atoms with Crippen LogP contribution in [-0.4, -0.2) is 50.9 Å². The third-order valence-corrected chi connectivity index (χ3v) is 7.37. The number of nitrogens with zero attached hydrogens (tertiary/aromatic N) is 3. The van der Waals surface area contributed by atoms with E-state index < -0.39 is 17.6 Å². The monoisotopic (exact) mass is 552 g/mol. The van der Waals surface area contributed by atoms with Crippen LogP contribution in [0.1, 0.15) is 42.9 Å². The highest BCUT2D eigenvalue weighted by molar-refractivity contribution is 5.86. The maximum Gasteiger partial charge on any atom is 0.411 e. The summed E-state index contributed by atoms with van der Waals surface area (Å²) >= 11 is 0. The number of carbonyl (C=O) groups is 3. The lowest BCUT2D eigenvalue weighted by Gasteiger charge is -2.32. The number of aromatic nitrogens is 2. The highest BCUT2D eigenvalue weighted by Crippen LogP contribution is 2.44. The van der Waals surface area contributed by atoms with Crippen molar-refractivity contribution in [3.63, 3.8) is 0 Å². The van der Waals surface area contributed by atoms with Gasteiger partial charge < -0.3 is 14.7 Å². The number of carboxylic acid groups (broad SMARTS) is 1. The molecule has 0 atom stereocenters. The number of hydrogen-bond donors (Lipinski definition) is 2. The van der Waals surface area contributed by atoms with E-state index in [1.807, 2.05) is 54.6 Å². The second-order valence-corrected chi connectivity index (χ2v) is 10.5. The Balaban J connectivity index is 1.24. The van der Waals surface area contributed by atoms with E-state index in [1.165, 1.54) is 15.8 Å². The molecule has 0 bridgehead atoms. The number of hydrogen-bond acceptors (Lipinski definition) is 5. The fourth-order valence-electron chi connectivity index (χ4n) is 5.22. The number of nitrogens with one attached hydrogen (secondary N) is 1. The summed E-state index contributed by atoms with van der Waals surface area (Å²) in [7, 11) is 0. The lowest BCUT2D eigenvalue weighted by Crippen LogP contribution is -2.47. The minimum Gasteiger partial charge on any atom is -0.481 e. The highest BCUT2D eigenvalue weighted by atomic mass is 16.5. The molecule has 0 fully saturated rings. The molecule has 5 rings (SSSR count). The number of carbonyl (C=O) groups excluding carboxylic acids is 2. The molecule has 9 heteroatoms. The molecule has 0 aliphatic heterocycles. The molecule has 0 saturated carbocycles. The molecule has 2 N–H and O–H groups in total. The zero-order valence-electron chi connectivity index (χ0n) is 23.0. The predicted molar refractivity (Wildman–Crippen MR) is 154 cm³/mol. The first-order valence-corrected chi connectivity index (χ1v) is 13.5. The second kappa shape index (κ2) is 11.7. The Morgan fingerprint density at radius 3 is 2.20 bits per heavy atom. The zero-order chi connectivity index (χ0) is 29.0. The largest absolute Gasteiger partial charge is 0.481 e. The van der Waals surface area contributed by atoms with Crippen LogP contribution in [0, 0.1) is 0 Å². The van der Waals surface area contributed by atoms with Crippen LogP contribution in [0.4, 0.5) is 10.5 Å². The third-order valence-electron chi connectivity index (χ3n) is 7.37. The number of aliphatic carboxylic acids is 1. The van der Waals surface area contributed by atoms with Gasteiger partial charge in [0.1, 0.15) is 12.1 Å². The summed E-state index contributed by atoms with van der Waals surface area (Å²) in [5.41, 5.74) is 4.66. The Morgan fingerprint density at radius 2 is 1.56 bits per heavy atom. The lowest BCUT2D eigenvalue weighted by molar-refractivity contribution is -0.142. The van der Waals surface area contributed by atoms with Gasteiger partial charge in [0.15, 0.2) is 0 Å². The van der Waals surface area contributed by atoms with Gasteiger partial charge >= 0.3 is 12.1 Å². The van der Waals surface area contributed by atoms with Crippen molar-refractivity contribution in [2.75, 3.05) is 18.5 Å². The van der Waals surface area contributed by atoms with Gasteiger partial charge in [0.2, 0.25) is 5.91 Å². The highest BCUT2D eigenvalue weighted by Gasteiger charge is 2.35. The van der Waals surface area contributed by atoms with Gasteiger partial charge in [0.05, 0.1) is 18.3 Å². The summed E-state index contributed by atoms with van der Waals surface area (Å²) in [6, 6.07) is 25.6. The Bertz CT molecular complexity index is 1520. The minimum absolute atomic E-state index is 0.0542. The first kappa shape index (κ1) is 27.6. The van der Waals surface area contributed by atoms with Crippen molar-refractivity contribution in [3.05, 3.63) is 108 Å². The van der Waals surface area contributed by atoms with Crippen LogP contribution >= 0.6 is 0 Å². The van der Waals surface area contributed by atoms with Crippen molar-refractivity contribution in [1.82, 2.24) is 14.7 Å². The summed E-state index contributed by atoms with van der Waals surface area (Å²) < 4.78 is 7.09. The van der Waals surface area contributed by atoms with Crippen molar-refractivity contribution in [2.24, 2.45) is 0 Å². The van der Waals surface area contributed by atoms with Gasteiger partial charge in [-0.25, -0.2) is 4.79 Å². The predicted octanol–water partition coefficient (Wildman–Crippen LogP) is 5.48. The van der Waals surface area contributed by atoms with E-state index >= 15 is 0 Å². The topological polar surface area (TPSA) is 114 Å². The fraction of sp³-hybridized carbons (Fsp3) is 0.250. The Labute approximate surface area is 238 Å². The van der Waals surface area contributed by atoms with E-state index in [2.05, 4.69) is 34.7 Å². The minimum atomic E-state index is -1.14. The number of amides is 2. The molecule has 4 aromatic rings. The number of ether oxygens (including phenoxy) is 1. The van der Waals surface area contributed by atoms with Gasteiger partial charge in [-0.15, -0.1) is 0 Å². The fourth-order valence-corrected chi connectivity index (χ4v) is 5.22. The molecule has 1 aromatic heterocycles. The Morgan fingerprint density at radius 1 is 0.951 bits per heavy atom. The van der Waals surface area contributed by atoms with E-state index in [-0.39, 0.29) is 37.9 Å². The lowest BCUT2D eigenvalue weighted by atomic mass is 9.98. The van der Waals surface area contributed by atoms with Gasteiger partial charge in [-0.3, -0.25) is 19.6 Å². The summed E-state index contributed by atoms with van der Waals surface area (Å²) in [6.45, 7) is 3.91. The van der Waals surface area contributed by atoms with Gasteiger partial charge in [0, 0.05) is 25.2 Å². The molecule has 41 heavy (non-hydrogen) atoms. The molecule has 0 radical (unpaired) electrons. The molecule has 3 aromatic carbocycles. The maximum absolute atomic E-state index is 13.6. The van der Waals surface area contributed by atoms with Gasteiger partial charge in [0.25, 0.3) is 0 Å². The standard InChI is InChI=1S/C32H32N4O5/c1-32(2,30(39)35(17-16-29(37)38)19-22-10-4-3-5-11-22)36-20-23(18-33-36)34-31(40)41-21-28-26-14-8-6-12-24(26)25-13-7-9-15-27(25)28/h3-15,18,20,28H,16-17,19,21H2,1-2H3,(H,34,40)(H,37,38). The van der Waals surface area contributed by atoms with E-state index in [9.17, 15) is 19.5 Å². The molecular formula is C32H32N4O5. The number of carboxylic acids is 1. The van der Waals surface area contributed by atoms with E-state index in [0.717, 1.165) is 27.8 Å². The van der Waals surface area contributed by atoms with Crippen molar-refractivity contribution >= 4 is 23.7 Å². The molecule has 9 nitrogen and oxygen atoms in total. The van der Waals surface area contributed by atoms with Crippen molar-refractivity contribution < 1.29 is 24.2 Å². The first-order chi connectivity index (χ1) is 19.7. The quantitative estimate of drug-likeness (QED) is 0.269. The van der Waals surface area contributed by atoms with Gasteiger partial charge in [-0.2, -0.15) is 5.10 Å². The average molecular weight is 553 g/mol. The van der Waals surface area contributed by atoms with E-state index in [0.29, 0.717) is 5.69 Å². The third kappa shape index (κ3) is 5.99. The molecule has 1 aliphatic rings. The molecule has 2 amide bonds. The number of benzene rings is 3. The van der Waals surface area contributed by atoms with E-state index in [1.54, 1.807) is 20.0 Å². The van der Waals surface area contributed by atoms with Crippen LogP contribution < -0.4 is 5.32 Å². The Kier molecular flexibility index (Phi) is 7.87. The van der Waals surface area contributed by atoms with Crippen molar-refractivity contribution in [2.45, 2.75) is 38.3 Å². The van der Waals surface area contributed by atoms with Crippen LogP contribution in [0.25, 0.3) is 11.1 Å². The van der Waals surface area contributed by atoms with E-state index in [4.69, 9.17) is 4.74 Å². The maximum atomic E-state index is 13.6.